The largest absolute Gasteiger partial charge is 0.372 e. The van der Waals surface area contributed by atoms with Crippen molar-refractivity contribution in [2.45, 2.75) is 46.5 Å². The Morgan fingerprint density at radius 1 is 1.13 bits per heavy atom. The Bertz CT molecular complexity index is 1910. The number of sulfonamides is 1. The Morgan fingerprint density at radius 2 is 1.76 bits per heavy atom. The van der Waals surface area contributed by atoms with Gasteiger partial charge >= 0.3 is 0 Å². The van der Waals surface area contributed by atoms with E-state index in [1.807, 2.05) is 32.6 Å². The first kappa shape index (κ1) is 36.7. The number of nitriles is 1. The third-order valence-electron chi connectivity index (χ3n) is 6.34. The van der Waals surface area contributed by atoms with Crippen LogP contribution in [-0.4, -0.2) is 62.2 Å². The van der Waals surface area contributed by atoms with Crippen molar-refractivity contribution in [2.24, 2.45) is 10.2 Å². The minimum absolute atomic E-state index is 0.0134. The van der Waals surface area contributed by atoms with Gasteiger partial charge in [0.25, 0.3) is 10.1 Å². The van der Waals surface area contributed by atoms with E-state index in [4.69, 9.17) is 27.8 Å². The molecule has 0 aliphatic carbocycles. The molecule has 3 rings (SSSR count). The first-order valence-electron chi connectivity index (χ1n) is 13.8. The van der Waals surface area contributed by atoms with E-state index in [1.165, 1.54) is 23.7 Å². The van der Waals surface area contributed by atoms with Gasteiger partial charge in [0.1, 0.15) is 23.0 Å². The molecule has 0 saturated carbocycles. The normalized spacial score (nSPS) is 12.3. The number of rotatable bonds is 12. The molecule has 0 aliphatic rings. The van der Waals surface area contributed by atoms with Crippen LogP contribution in [0.25, 0.3) is 5.69 Å². The van der Waals surface area contributed by atoms with Crippen molar-refractivity contribution in [3.63, 3.8) is 0 Å². The van der Waals surface area contributed by atoms with Crippen LogP contribution < -0.4 is 14.9 Å². The summed E-state index contributed by atoms with van der Waals surface area (Å²) in [6.45, 7) is 9.58. The van der Waals surface area contributed by atoms with Crippen LogP contribution in [0.5, 0.6) is 0 Å². The lowest BCUT2D eigenvalue weighted by Crippen LogP contribution is -2.25. The Morgan fingerprint density at radius 3 is 2.26 bits per heavy atom. The summed E-state index contributed by atoms with van der Waals surface area (Å²) in [7, 11) is -7.74. The maximum absolute atomic E-state index is 12.1. The number of azo groups is 1. The molecule has 0 saturated heterocycles. The SMILES string of the molecule is CCN(CCCS(=O)(=O)O)c1ccc(/N=N/c2c(C#N)c(C(C)(C)C)nn2-c2c(Cl)cc(NS(C)(=O)=O)cc2Cl)c(NC(C)=O)c1. The lowest BCUT2D eigenvalue weighted by Gasteiger charge is -2.24. The number of hydrogen-bond donors (Lipinski definition) is 3. The number of hydrogen-bond acceptors (Lipinski definition) is 10. The van der Waals surface area contributed by atoms with E-state index < -0.39 is 31.3 Å². The highest BCUT2D eigenvalue weighted by Crippen LogP contribution is 2.40. The number of aromatic nitrogens is 2. The van der Waals surface area contributed by atoms with E-state index in [0.717, 1.165) is 6.26 Å². The molecule has 1 heterocycles. The second-order valence-electron chi connectivity index (χ2n) is 11.3. The highest BCUT2D eigenvalue weighted by molar-refractivity contribution is 7.92. The maximum Gasteiger partial charge on any atom is 0.264 e. The summed E-state index contributed by atoms with van der Waals surface area (Å²) in [5.74, 6) is -0.800. The second-order valence-corrected chi connectivity index (χ2v) is 15.4. The first-order valence-corrected chi connectivity index (χ1v) is 18.0. The minimum atomic E-state index is -4.11. The Balaban J connectivity index is 2.17. The Labute approximate surface area is 278 Å². The van der Waals surface area contributed by atoms with E-state index in [1.54, 1.807) is 18.2 Å². The van der Waals surface area contributed by atoms with Gasteiger partial charge in [0.05, 0.1) is 39.1 Å². The predicted molar refractivity (Wildman–Crippen MR) is 179 cm³/mol. The molecule has 0 fully saturated rings. The summed E-state index contributed by atoms with van der Waals surface area (Å²) in [4.78, 5) is 14.0. The van der Waals surface area contributed by atoms with Gasteiger partial charge in [0.2, 0.25) is 15.9 Å². The zero-order chi connectivity index (χ0) is 34.6. The molecular weight excluding hydrogens is 679 g/mol. The van der Waals surface area contributed by atoms with Gasteiger partial charge in [-0.1, -0.05) is 44.0 Å². The number of carbonyl (C=O) groups excluding carboxylic acids is 1. The van der Waals surface area contributed by atoms with Crippen LogP contribution in [0, 0.1) is 11.3 Å². The van der Waals surface area contributed by atoms with Crippen molar-refractivity contribution in [3.8, 4) is 11.8 Å². The van der Waals surface area contributed by atoms with Gasteiger partial charge < -0.3 is 10.2 Å². The molecule has 0 aliphatic heterocycles. The van der Waals surface area contributed by atoms with E-state index in [0.29, 0.717) is 24.5 Å². The standard InChI is InChI=1S/C28H34Cl2N8O6S2/c1-7-37(11-8-12-46(42,43)44)19-9-10-23(24(15-19)32-17(2)39)33-34-27-20(16-31)26(28(3,4)5)35-38(27)25-21(29)13-18(14-22(25)30)36-45(6,40)41/h9-10,13-15,36H,7-8,11-12H2,1-6H3,(H,32,39)(H,42,43,44)/b34-33+. The number of anilines is 3. The molecule has 3 aromatic rings. The zero-order valence-corrected chi connectivity index (χ0v) is 29.1. The summed E-state index contributed by atoms with van der Waals surface area (Å²) in [6, 6.07) is 9.78. The molecule has 0 unspecified atom stereocenters. The molecule has 0 atom stereocenters. The smallest absolute Gasteiger partial charge is 0.264 e. The van der Waals surface area contributed by atoms with Crippen molar-refractivity contribution >= 4 is 77.8 Å². The van der Waals surface area contributed by atoms with E-state index in [2.05, 4.69) is 31.4 Å². The zero-order valence-electron chi connectivity index (χ0n) is 26.0. The van der Waals surface area contributed by atoms with Crippen LogP contribution in [0.3, 0.4) is 0 Å². The summed E-state index contributed by atoms with van der Waals surface area (Å²) in [6.07, 6.45) is 1.16. The third-order valence-corrected chi connectivity index (χ3v) is 8.32. The summed E-state index contributed by atoms with van der Waals surface area (Å²) in [5.41, 5.74) is 1.25. The van der Waals surface area contributed by atoms with Crippen LogP contribution in [0.2, 0.25) is 10.0 Å². The van der Waals surface area contributed by atoms with E-state index >= 15 is 0 Å². The van der Waals surface area contributed by atoms with Gasteiger partial charge in [-0.2, -0.15) is 18.8 Å². The fourth-order valence-corrected chi connectivity index (χ4v) is 6.12. The molecule has 1 aromatic heterocycles. The average Bonchev–Trinajstić information content (AvgIpc) is 3.26. The molecule has 1 amide bonds. The van der Waals surface area contributed by atoms with Crippen LogP contribution in [0.4, 0.5) is 28.6 Å². The molecule has 2 aromatic carbocycles. The lowest BCUT2D eigenvalue weighted by molar-refractivity contribution is -0.114. The quantitative estimate of drug-likeness (QED) is 0.144. The van der Waals surface area contributed by atoms with Crippen molar-refractivity contribution < 1.29 is 26.2 Å². The third kappa shape index (κ3) is 9.63. The van der Waals surface area contributed by atoms with Crippen LogP contribution in [0.15, 0.2) is 40.6 Å². The van der Waals surface area contributed by atoms with E-state index in [9.17, 15) is 26.9 Å². The van der Waals surface area contributed by atoms with Crippen molar-refractivity contribution in [3.05, 3.63) is 51.6 Å². The fourth-order valence-electron chi connectivity index (χ4n) is 4.43. The van der Waals surface area contributed by atoms with Crippen molar-refractivity contribution in [1.82, 2.24) is 9.78 Å². The summed E-state index contributed by atoms with van der Waals surface area (Å²) < 4.78 is 58.5. The number of amides is 1. The Hall–Kier alpha value is -3.75. The number of halogens is 2. The number of nitrogens with one attached hydrogen (secondary N) is 2. The molecule has 3 N–H and O–H groups in total. The van der Waals surface area contributed by atoms with Gasteiger partial charge in [0.15, 0.2) is 5.82 Å². The minimum Gasteiger partial charge on any atom is -0.372 e. The maximum atomic E-state index is 12.1. The fraction of sp³-hybridized carbons (Fsp3) is 0.393. The van der Waals surface area contributed by atoms with Gasteiger partial charge in [-0.15, -0.1) is 10.2 Å². The topological polar surface area (TPSA) is 199 Å². The number of nitrogens with zero attached hydrogens (tertiary/aromatic N) is 6. The molecule has 0 bridgehead atoms. The highest BCUT2D eigenvalue weighted by Gasteiger charge is 2.29. The van der Waals surface area contributed by atoms with Gasteiger partial charge in [-0.05, 0) is 43.7 Å². The van der Waals surface area contributed by atoms with E-state index in [-0.39, 0.29) is 56.5 Å². The average molecular weight is 714 g/mol. The number of benzene rings is 2. The van der Waals surface area contributed by atoms with Crippen molar-refractivity contribution in [2.75, 3.05) is 40.0 Å². The predicted octanol–water partition coefficient (Wildman–Crippen LogP) is 6.20. The number of carbonyl (C=O) groups is 1. The van der Waals surface area contributed by atoms with Crippen LogP contribution in [-0.2, 0) is 30.4 Å². The lowest BCUT2D eigenvalue weighted by atomic mass is 9.90. The van der Waals surface area contributed by atoms with Gasteiger partial charge in [-0.3, -0.25) is 14.1 Å². The molecule has 248 valence electrons. The summed E-state index contributed by atoms with van der Waals surface area (Å²) in [5, 5.41) is 26.3. The molecule has 0 radical (unpaired) electrons. The molecule has 14 nitrogen and oxygen atoms in total. The molecular formula is C28H34Cl2N8O6S2. The van der Waals surface area contributed by atoms with Gasteiger partial charge in [0, 0.05) is 31.1 Å². The second kappa shape index (κ2) is 14.3. The van der Waals surface area contributed by atoms with Crippen LogP contribution >= 0.6 is 23.2 Å². The molecule has 46 heavy (non-hydrogen) atoms. The monoisotopic (exact) mass is 712 g/mol. The molecule has 0 spiro atoms. The molecule has 18 heteroatoms. The Kier molecular flexibility index (Phi) is 11.5. The summed E-state index contributed by atoms with van der Waals surface area (Å²) >= 11 is 13.2. The van der Waals surface area contributed by atoms with Crippen molar-refractivity contribution in [1.29, 1.82) is 5.26 Å². The first-order chi connectivity index (χ1) is 21.2. The highest BCUT2D eigenvalue weighted by atomic mass is 35.5. The van der Waals surface area contributed by atoms with Crippen LogP contribution in [0.1, 0.15) is 52.3 Å². The van der Waals surface area contributed by atoms with Gasteiger partial charge in [-0.25, -0.2) is 13.1 Å².